The van der Waals surface area contributed by atoms with Gasteiger partial charge in [-0.3, -0.25) is 0 Å². The van der Waals surface area contributed by atoms with Crippen LogP contribution in [0.3, 0.4) is 0 Å². The van der Waals surface area contributed by atoms with E-state index in [1.54, 1.807) is 6.20 Å². The molecular weight excluding hydrogens is 164 g/mol. The van der Waals surface area contributed by atoms with E-state index in [0.29, 0.717) is 5.95 Å². The van der Waals surface area contributed by atoms with E-state index in [-0.39, 0.29) is 0 Å². The molecule has 0 aliphatic heterocycles. The second kappa shape index (κ2) is 4.07. The standard InChI is InChI=1S/C9H16N4/c1-4-5-13(3)8-7(2)6-11-9(10)12-8/h6H,4-5H2,1-3H3,(H2,10,11,12). The first-order chi connectivity index (χ1) is 6.15. The topological polar surface area (TPSA) is 55.0 Å². The largest absolute Gasteiger partial charge is 0.368 e. The number of nitrogen functional groups attached to an aromatic ring is 1. The first-order valence-corrected chi connectivity index (χ1v) is 4.45. The predicted octanol–water partition coefficient (Wildman–Crippen LogP) is 1.21. The Balaban J connectivity index is 2.91. The third-order valence-electron chi connectivity index (χ3n) is 1.88. The number of aromatic nitrogens is 2. The van der Waals surface area contributed by atoms with Crippen LogP contribution >= 0.6 is 0 Å². The molecule has 0 atom stereocenters. The maximum Gasteiger partial charge on any atom is 0.221 e. The Bertz CT molecular complexity index is 285. The van der Waals surface area contributed by atoms with Gasteiger partial charge in [0.15, 0.2) is 0 Å². The lowest BCUT2D eigenvalue weighted by atomic mass is 10.3. The van der Waals surface area contributed by atoms with Gasteiger partial charge >= 0.3 is 0 Å². The molecule has 0 saturated carbocycles. The molecule has 13 heavy (non-hydrogen) atoms. The number of anilines is 2. The molecule has 0 amide bonds. The van der Waals surface area contributed by atoms with Crippen LogP contribution in [-0.2, 0) is 0 Å². The molecule has 0 radical (unpaired) electrons. The zero-order valence-electron chi connectivity index (χ0n) is 8.41. The number of hydrogen-bond acceptors (Lipinski definition) is 4. The molecule has 0 aliphatic rings. The molecule has 4 nitrogen and oxygen atoms in total. The van der Waals surface area contributed by atoms with Crippen LogP contribution in [0.25, 0.3) is 0 Å². The third kappa shape index (κ3) is 2.31. The highest BCUT2D eigenvalue weighted by Gasteiger charge is 2.05. The van der Waals surface area contributed by atoms with Gasteiger partial charge < -0.3 is 10.6 Å². The van der Waals surface area contributed by atoms with E-state index in [0.717, 1.165) is 24.3 Å². The van der Waals surface area contributed by atoms with Gasteiger partial charge in [-0.1, -0.05) is 6.92 Å². The van der Waals surface area contributed by atoms with Crippen molar-refractivity contribution in [3.8, 4) is 0 Å². The molecule has 0 aliphatic carbocycles. The first-order valence-electron chi connectivity index (χ1n) is 4.45. The molecular formula is C9H16N4. The second-order valence-corrected chi connectivity index (χ2v) is 3.16. The van der Waals surface area contributed by atoms with E-state index >= 15 is 0 Å². The Kier molecular flexibility index (Phi) is 3.06. The summed E-state index contributed by atoms with van der Waals surface area (Å²) in [6.07, 6.45) is 2.85. The van der Waals surface area contributed by atoms with Gasteiger partial charge in [-0.05, 0) is 13.3 Å². The van der Waals surface area contributed by atoms with Gasteiger partial charge in [-0.15, -0.1) is 0 Å². The molecule has 1 rings (SSSR count). The van der Waals surface area contributed by atoms with Crippen molar-refractivity contribution in [3.63, 3.8) is 0 Å². The van der Waals surface area contributed by atoms with Gasteiger partial charge in [0, 0.05) is 25.4 Å². The van der Waals surface area contributed by atoms with Crippen molar-refractivity contribution < 1.29 is 0 Å². The fraction of sp³-hybridized carbons (Fsp3) is 0.556. The van der Waals surface area contributed by atoms with E-state index in [2.05, 4.69) is 21.8 Å². The summed E-state index contributed by atoms with van der Waals surface area (Å²) >= 11 is 0. The summed E-state index contributed by atoms with van der Waals surface area (Å²) in [4.78, 5) is 10.2. The molecule has 1 aromatic rings. The molecule has 0 unspecified atom stereocenters. The smallest absolute Gasteiger partial charge is 0.221 e. The number of aryl methyl sites for hydroxylation is 1. The summed E-state index contributed by atoms with van der Waals surface area (Å²) in [5, 5.41) is 0. The van der Waals surface area contributed by atoms with E-state index in [1.807, 2.05) is 14.0 Å². The normalized spacial score (nSPS) is 10.1. The molecule has 2 N–H and O–H groups in total. The van der Waals surface area contributed by atoms with Gasteiger partial charge in [-0.25, -0.2) is 4.98 Å². The summed E-state index contributed by atoms with van der Waals surface area (Å²) in [5.41, 5.74) is 6.57. The molecule has 4 heteroatoms. The molecule has 1 heterocycles. The third-order valence-corrected chi connectivity index (χ3v) is 1.88. The van der Waals surface area contributed by atoms with Crippen molar-refractivity contribution in [2.75, 3.05) is 24.2 Å². The fourth-order valence-electron chi connectivity index (χ4n) is 1.27. The zero-order valence-corrected chi connectivity index (χ0v) is 8.41. The molecule has 0 bridgehead atoms. The Labute approximate surface area is 78.8 Å². The van der Waals surface area contributed by atoms with Crippen molar-refractivity contribution >= 4 is 11.8 Å². The van der Waals surface area contributed by atoms with E-state index < -0.39 is 0 Å². The lowest BCUT2D eigenvalue weighted by Crippen LogP contribution is -2.20. The lowest BCUT2D eigenvalue weighted by Gasteiger charge is -2.18. The van der Waals surface area contributed by atoms with Crippen molar-refractivity contribution in [1.82, 2.24) is 9.97 Å². The van der Waals surface area contributed by atoms with Gasteiger partial charge in [0.1, 0.15) is 5.82 Å². The molecule has 0 saturated heterocycles. The maximum absolute atomic E-state index is 5.51. The Morgan fingerprint density at radius 2 is 2.23 bits per heavy atom. The van der Waals surface area contributed by atoms with E-state index in [1.165, 1.54) is 0 Å². The summed E-state index contributed by atoms with van der Waals surface area (Å²) in [5.74, 6) is 1.26. The predicted molar refractivity (Wildman–Crippen MR) is 54.7 cm³/mol. The molecule has 0 fully saturated rings. The average molecular weight is 180 g/mol. The number of nitrogens with two attached hydrogens (primary N) is 1. The van der Waals surface area contributed by atoms with Gasteiger partial charge in [-0.2, -0.15) is 4.98 Å². The summed E-state index contributed by atoms with van der Waals surface area (Å²) in [6, 6.07) is 0. The summed E-state index contributed by atoms with van der Waals surface area (Å²) in [7, 11) is 2.01. The molecule has 72 valence electrons. The minimum absolute atomic E-state index is 0.337. The molecule has 1 aromatic heterocycles. The molecule has 0 aromatic carbocycles. The van der Waals surface area contributed by atoms with Crippen LogP contribution in [0.1, 0.15) is 18.9 Å². The number of hydrogen-bond donors (Lipinski definition) is 1. The van der Waals surface area contributed by atoms with Crippen LogP contribution in [0.4, 0.5) is 11.8 Å². The van der Waals surface area contributed by atoms with Crippen molar-refractivity contribution in [2.24, 2.45) is 0 Å². The van der Waals surface area contributed by atoms with Crippen molar-refractivity contribution in [3.05, 3.63) is 11.8 Å². The van der Waals surface area contributed by atoms with E-state index in [9.17, 15) is 0 Å². The average Bonchev–Trinajstić information content (AvgIpc) is 2.09. The van der Waals surface area contributed by atoms with Crippen LogP contribution < -0.4 is 10.6 Å². The highest BCUT2D eigenvalue weighted by atomic mass is 15.2. The van der Waals surface area contributed by atoms with E-state index in [4.69, 9.17) is 5.73 Å². The van der Waals surface area contributed by atoms with Crippen LogP contribution in [0.5, 0.6) is 0 Å². The minimum Gasteiger partial charge on any atom is -0.368 e. The lowest BCUT2D eigenvalue weighted by molar-refractivity contribution is 0.831. The highest BCUT2D eigenvalue weighted by Crippen LogP contribution is 2.15. The van der Waals surface area contributed by atoms with Crippen LogP contribution in [0.15, 0.2) is 6.20 Å². The Hall–Kier alpha value is -1.32. The first kappa shape index (κ1) is 9.77. The highest BCUT2D eigenvalue weighted by molar-refractivity contribution is 5.46. The zero-order chi connectivity index (χ0) is 9.84. The van der Waals surface area contributed by atoms with Crippen LogP contribution in [0.2, 0.25) is 0 Å². The van der Waals surface area contributed by atoms with Gasteiger partial charge in [0.25, 0.3) is 0 Å². The summed E-state index contributed by atoms with van der Waals surface area (Å²) in [6.45, 7) is 5.11. The summed E-state index contributed by atoms with van der Waals surface area (Å²) < 4.78 is 0. The fourth-order valence-corrected chi connectivity index (χ4v) is 1.27. The van der Waals surface area contributed by atoms with Gasteiger partial charge in [0.2, 0.25) is 5.95 Å². The van der Waals surface area contributed by atoms with Crippen LogP contribution in [-0.4, -0.2) is 23.6 Å². The Morgan fingerprint density at radius 3 is 2.85 bits per heavy atom. The maximum atomic E-state index is 5.51. The minimum atomic E-state index is 0.337. The number of nitrogens with zero attached hydrogens (tertiary/aromatic N) is 3. The quantitative estimate of drug-likeness (QED) is 0.759. The molecule has 0 spiro atoms. The number of rotatable bonds is 3. The SMILES string of the molecule is CCCN(C)c1nc(N)ncc1C. The van der Waals surface area contributed by atoms with Gasteiger partial charge in [0.05, 0.1) is 0 Å². The Morgan fingerprint density at radius 1 is 1.54 bits per heavy atom. The van der Waals surface area contributed by atoms with Crippen molar-refractivity contribution in [1.29, 1.82) is 0 Å². The monoisotopic (exact) mass is 180 g/mol. The second-order valence-electron chi connectivity index (χ2n) is 3.16. The van der Waals surface area contributed by atoms with Crippen molar-refractivity contribution in [2.45, 2.75) is 20.3 Å². The van der Waals surface area contributed by atoms with Crippen LogP contribution in [0, 0.1) is 6.92 Å².